The number of carboxylic acids is 1. The zero-order valence-corrected chi connectivity index (χ0v) is 11.8. The third-order valence-electron chi connectivity index (χ3n) is 2.71. The molecule has 0 saturated heterocycles. The van der Waals surface area contributed by atoms with Crippen LogP contribution < -0.4 is 5.32 Å². The second-order valence-corrected chi connectivity index (χ2v) is 6.34. The molecular weight excluding hydrogens is 305 g/mol. The first-order valence-corrected chi connectivity index (χ1v) is 7.63. The highest BCUT2D eigenvalue weighted by Crippen LogP contribution is 2.19. The SMILES string of the molecule is CS(=O)(=O)c1ccc([C@@H](O)[C@@H](CF)NC(=O)C(=O)O)cc1. The van der Waals surface area contributed by atoms with E-state index in [0.29, 0.717) is 0 Å². The number of aliphatic hydroxyl groups excluding tert-OH is 1. The minimum atomic E-state index is -3.40. The molecule has 7 nitrogen and oxygen atoms in total. The Hall–Kier alpha value is -2.00. The number of alkyl halides is 1. The molecule has 0 radical (unpaired) electrons. The van der Waals surface area contributed by atoms with Gasteiger partial charge in [0.2, 0.25) is 0 Å². The molecule has 0 aromatic heterocycles. The zero-order valence-electron chi connectivity index (χ0n) is 11.0. The van der Waals surface area contributed by atoms with Crippen LogP contribution >= 0.6 is 0 Å². The van der Waals surface area contributed by atoms with Gasteiger partial charge in [0, 0.05) is 6.26 Å². The Morgan fingerprint density at radius 3 is 2.19 bits per heavy atom. The summed E-state index contributed by atoms with van der Waals surface area (Å²) in [6.07, 6.45) is -0.498. The maximum Gasteiger partial charge on any atom is 0.394 e. The molecule has 0 fully saturated rings. The van der Waals surface area contributed by atoms with Crippen molar-refractivity contribution >= 4 is 21.7 Å². The van der Waals surface area contributed by atoms with Crippen molar-refractivity contribution in [2.45, 2.75) is 17.0 Å². The Morgan fingerprint density at radius 2 is 1.81 bits per heavy atom. The van der Waals surface area contributed by atoms with Crippen molar-refractivity contribution in [3.8, 4) is 0 Å². The first-order chi connectivity index (χ1) is 9.66. The Morgan fingerprint density at radius 1 is 1.29 bits per heavy atom. The molecule has 1 amide bonds. The lowest BCUT2D eigenvalue weighted by Crippen LogP contribution is -2.44. The highest BCUT2D eigenvalue weighted by Gasteiger charge is 2.25. The number of aliphatic hydroxyl groups is 1. The number of aliphatic carboxylic acids is 1. The van der Waals surface area contributed by atoms with Crippen LogP contribution in [0, 0.1) is 0 Å². The van der Waals surface area contributed by atoms with Gasteiger partial charge in [-0.05, 0) is 17.7 Å². The van der Waals surface area contributed by atoms with Crippen LogP contribution in [0.5, 0.6) is 0 Å². The number of carbonyl (C=O) groups excluding carboxylic acids is 1. The lowest BCUT2D eigenvalue weighted by molar-refractivity contribution is -0.151. The second kappa shape index (κ2) is 6.64. The number of benzene rings is 1. The molecule has 0 aliphatic heterocycles. The smallest absolute Gasteiger partial charge is 0.394 e. The number of nitrogens with one attached hydrogen (secondary N) is 1. The lowest BCUT2D eigenvalue weighted by atomic mass is 10.0. The topological polar surface area (TPSA) is 121 Å². The molecule has 0 unspecified atom stereocenters. The number of hydrogen-bond acceptors (Lipinski definition) is 5. The number of rotatable bonds is 5. The summed E-state index contributed by atoms with van der Waals surface area (Å²) in [6.45, 7) is -1.19. The number of amides is 1. The summed E-state index contributed by atoms with van der Waals surface area (Å²) in [6, 6.07) is 3.52. The van der Waals surface area contributed by atoms with E-state index in [9.17, 15) is 27.5 Å². The number of halogens is 1. The van der Waals surface area contributed by atoms with Crippen LogP contribution in [-0.4, -0.2) is 49.5 Å². The van der Waals surface area contributed by atoms with E-state index in [-0.39, 0.29) is 10.5 Å². The maximum atomic E-state index is 12.8. The molecular formula is C12H14FNO6S. The average Bonchev–Trinajstić information content (AvgIpc) is 2.42. The second-order valence-electron chi connectivity index (χ2n) is 4.33. The van der Waals surface area contributed by atoms with E-state index in [4.69, 9.17) is 5.11 Å². The van der Waals surface area contributed by atoms with Gasteiger partial charge in [0.25, 0.3) is 0 Å². The van der Waals surface area contributed by atoms with Gasteiger partial charge in [-0.25, -0.2) is 17.6 Å². The van der Waals surface area contributed by atoms with Crippen molar-refractivity contribution in [1.29, 1.82) is 0 Å². The molecule has 3 N–H and O–H groups in total. The van der Waals surface area contributed by atoms with Gasteiger partial charge in [0.1, 0.15) is 12.8 Å². The molecule has 1 rings (SSSR count). The lowest BCUT2D eigenvalue weighted by Gasteiger charge is -2.21. The molecule has 2 atom stereocenters. The van der Waals surface area contributed by atoms with Crippen molar-refractivity contribution in [2.75, 3.05) is 12.9 Å². The minimum absolute atomic E-state index is 0.0184. The molecule has 116 valence electrons. The van der Waals surface area contributed by atoms with Crippen molar-refractivity contribution in [2.24, 2.45) is 0 Å². The molecule has 1 aromatic rings. The first kappa shape index (κ1) is 17.1. The average molecular weight is 319 g/mol. The van der Waals surface area contributed by atoms with E-state index >= 15 is 0 Å². The van der Waals surface area contributed by atoms with E-state index in [1.165, 1.54) is 24.3 Å². The molecule has 0 aliphatic rings. The number of carbonyl (C=O) groups is 2. The van der Waals surface area contributed by atoms with E-state index in [1.807, 2.05) is 5.32 Å². The Balaban J connectivity index is 2.92. The van der Waals surface area contributed by atoms with Gasteiger partial charge in [0.15, 0.2) is 9.84 Å². The standard InChI is InChI=1S/C12H14FNO6S/c1-21(19,20)8-4-2-7(3-5-8)10(15)9(6-13)14-11(16)12(17)18/h2-5,9-10,15H,6H2,1H3,(H,14,16)(H,17,18)/t9-,10-/m1/s1. The van der Waals surface area contributed by atoms with Gasteiger partial charge in [-0.15, -0.1) is 0 Å². The molecule has 0 heterocycles. The fourth-order valence-electron chi connectivity index (χ4n) is 1.58. The summed E-state index contributed by atoms with van der Waals surface area (Å²) in [5, 5.41) is 20.2. The first-order valence-electron chi connectivity index (χ1n) is 5.74. The molecule has 0 spiro atoms. The van der Waals surface area contributed by atoms with Gasteiger partial charge in [0.05, 0.1) is 10.9 Å². The quantitative estimate of drug-likeness (QED) is 0.639. The Kier molecular flexibility index (Phi) is 5.39. The van der Waals surface area contributed by atoms with E-state index in [0.717, 1.165) is 6.26 Å². The summed E-state index contributed by atoms with van der Waals surface area (Å²) in [7, 11) is -3.40. The monoisotopic (exact) mass is 319 g/mol. The number of carboxylic acid groups (broad SMARTS) is 1. The summed E-state index contributed by atoms with van der Waals surface area (Å²) in [5.74, 6) is -3.24. The number of hydrogen-bond donors (Lipinski definition) is 3. The van der Waals surface area contributed by atoms with Crippen molar-refractivity contribution in [1.82, 2.24) is 5.32 Å². The Labute approximate surface area is 120 Å². The van der Waals surface area contributed by atoms with Gasteiger partial charge in [-0.2, -0.15) is 0 Å². The summed E-state index contributed by atoms with van der Waals surface area (Å²) in [4.78, 5) is 21.4. The van der Waals surface area contributed by atoms with E-state index in [1.54, 1.807) is 0 Å². The van der Waals surface area contributed by atoms with E-state index in [2.05, 4.69) is 0 Å². The molecule has 9 heteroatoms. The Bertz CT molecular complexity index is 628. The van der Waals surface area contributed by atoms with Crippen molar-refractivity contribution < 1.29 is 32.6 Å². The predicted octanol–water partition coefficient (Wildman–Crippen LogP) is -0.338. The van der Waals surface area contributed by atoms with Crippen LogP contribution in [-0.2, 0) is 19.4 Å². The summed E-state index contributed by atoms with van der Waals surface area (Å²) in [5.41, 5.74) is 0.149. The fraction of sp³-hybridized carbons (Fsp3) is 0.333. The molecule has 21 heavy (non-hydrogen) atoms. The largest absolute Gasteiger partial charge is 0.474 e. The third-order valence-corrected chi connectivity index (χ3v) is 3.84. The van der Waals surface area contributed by atoms with Gasteiger partial charge in [-0.1, -0.05) is 12.1 Å². The third kappa shape index (κ3) is 4.50. The van der Waals surface area contributed by atoms with E-state index < -0.39 is 40.5 Å². The molecule has 0 saturated carbocycles. The molecule has 1 aromatic carbocycles. The van der Waals surface area contributed by atoms with Gasteiger partial charge < -0.3 is 15.5 Å². The molecule has 0 aliphatic carbocycles. The van der Waals surface area contributed by atoms with Gasteiger partial charge in [-0.3, -0.25) is 4.79 Å². The van der Waals surface area contributed by atoms with Crippen molar-refractivity contribution in [3.63, 3.8) is 0 Å². The van der Waals surface area contributed by atoms with Crippen molar-refractivity contribution in [3.05, 3.63) is 29.8 Å². The van der Waals surface area contributed by atoms with Crippen LogP contribution in [0.1, 0.15) is 11.7 Å². The fourth-order valence-corrected chi connectivity index (χ4v) is 2.21. The molecule has 0 bridgehead atoms. The van der Waals surface area contributed by atoms with Crippen LogP contribution in [0.4, 0.5) is 4.39 Å². The normalized spacial score (nSPS) is 14.2. The number of sulfone groups is 1. The van der Waals surface area contributed by atoms with Gasteiger partial charge >= 0.3 is 11.9 Å². The van der Waals surface area contributed by atoms with Crippen LogP contribution in [0.3, 0.4) is 0 Å². The highest BCUT2D eigenvalue weighted by atomic mass is 32.2. The van der Waals surface area contributed by atoms with Crippen LogP contribution in [0.15, 0.2) is 29.2 Å². The zero-order chi connectivity index (χ0) is 16.2. The van der Waals surface area contributed by atoms with Crippen LogP contribution in [0.2, 0.25) is 0 Å². The minimum Gasteiger partial charge on any atom is -0.474 e. The van der Waals surface area contributed by atoms with Crippen LogP contribution in [0.25, 0.3) is 0 Å². The predicted molar refractivity (Wildman–Crippen MR) is 70.1 cm³/mol. The highest BCUT2D eigenvalue weighted by molar-refractivity contribution is 7.90. The summed E-state index contributed by atoms with van der Waals surface area (Å²) >= 11 is 0. The summed E-state index contributed by atoms with van der Waals surface area (Å²) < 4.78 is 35.4. The maximum absolute atomic E-state index is 12.8.